The van der Waals surface area contributed by atoms with E-state index in [0.717, 1.165) is 5.56 Å². The van der Waals surface area contributed by atoms with Crippen LogP contribution in [-0.4, -0.2) is 38.7 Å². The van der Waals surface area contributed by atoms with E-state index in [0.29, 0.717) is 11.3 Å². The van der Waals surface area contributed by atoms with Crippen molar-refractivity contribution in [2.24, 2.45) is 10.7 Å². The zero-order valence-corrected chi connectivity index (χ0v) is 17.0. The minimum atomic E-state index is -1.11. The predicted molar refractivity (Wildman–Crippen MR) is 109 cm³/mol. The second-order valence-electron chi connectivity index (χ2n) is 6.11. The fourth-order valence-electron chi connectivity index (χ4n) is 2.62. The van der Waals surface area contributed by atoms with Crippen LogP contribution in [0.4, 0.5) is 9.18 Å². The molecule has 0 bridgehead atoms. The van der Waals surface area contributed by atoms with Crippen LogP contribution in [0.2, 0.25) is 0 Å². The maximum atomic E-state index is 14.3. The number of aliphatic imine (C=N–C) groups is 1. The van der Waals surface area contributed by atoms with Crippen molar-refractivity contribution in [2.45, 2.75) is 19.6 Å². The first-order valence-corrected chi connectivity index (χ1v) is 9.13. The van der Waals surface area contributed by atoms with E-state index in [2.05, 4.69) is 10.3 Å². The third-order valence-corrected chi connectivity index (χ3v) is 4.16. The molecule has 0 saturated heterocycles. The van der Waals surface area contributed by atoms with Crippen LogP contribution in [0.25, 0.3) is 0 Å². The third-order valence-electron chi connectivity index (χ3n) is 4.16. The van der Waals surface area contributed by atoms with Gasteiger partial charge in [-0.3, -0.25) is 4.79 Å². The largest absolute Gasteiger partial charge is 0.497 e. The van der Waals surface area contributed by atoms with Crippen molar-refractivity contribution < 1.29 is 28.2 Å². The third kappa shape index (κ3) is 6.02. The molecule has 0 radical (unpaired) electrons. The Morgan fingerprint density at radius 1 is 1.17 bits per heavy atom. The standard InChI is InChI=1S/C21H24FN3O5/c1-4-30-21(27)25-19(23)14-7-5-13(6-8-14)12-24-20(26)18(29-3)16-10-9-15(28-2)11-17(16)22/h5-11,18H,4,12H2,1-3H3,(H,24,26)(H2,23,25,27)/t18-/m1/s1. The molecule has 0 aliphatic carbocycles. The number of hydrogen-bond donors (Lipinski definition) is 2. The molecule has 2 rings (SSSR count). The van der Waals surface area contributed by atoms with Gasteiger partial charge in [0, 0.05) is 30.8 Å². The number of carbonyl (C=O) groups is 2. The highest BCUT2D eigenvalue weighted by atomic mass is 19.1. The average Bonchev–Trinajstić information content (AvgIpc) is 2.74. The molecular formula is C21H24FN3O5. The summed E-state index contributed by atoms with van der Waals surface area (Å²) in [6, 6.07) is 11.0. The SMILES string of the molecule is CCOC(=O)/N=C(\N)c1ccc(CNC(=O)[C@H](OC)c2ccc(OC)cc2F)cc1. The molecule has 0 heterocycles. The molecule has 160 valence electrons. The van der Waals surface area contributed by atoms with E-state index in [4.69, 9.17) is 19.9 Å². The summed E-state index contributed by atoms with van der Waals surface area (Å²) in [7, 11) is 2.75. The quantitative estimate of drug-likeness (QED) is 0.505. The Kier molecular flexibility index (Phi) is 8.30. The van der Waals surface area contributed by atoms with E-state index in [1.54, 1.807) is 37.3 Å². The number of halogens is 1. The molecular weight excluding hydrogens is 393 g/mol. The first kappa shape index (κ1) is 22.8. The molecule has 0 fully saturated rings. The van der Waals surface area contributed by atoms with Gasteiger partial charge in [-0.2, -0.15) is 4.99 Å². The van der Waals surface area contributed by atoms with Crippen molar-refractivity contribution in [2.75, 3.05) is 20.8 Å². The lowest BCUT2D eigenvalue weighted by Gasteiger charge is -2.17. The maximum absolute atomic E-state index is 14.3. The number of nitrogens with one attached hydrogen (secondary N) is 1. The molecule has 2 aromatic carbocycles. The van der Waals surface area contributed by atoms with Gasteiger partial charge in [-0.1, -0.05) is 24.3 Å². The number of methoxy groups -OCH3 is 2. The predicted octanol–water partition coefficient (Wildman–Crippen LogP) is 2.70. The van der Waals surface area contributed by atoms with Gasteiger partial charge in [0.1, 0.15) is 17.4 Å². The summed E-state index contributed by atoms with van der Waals surface area (Å²) in [5.74, 6) is -0.720. The van der Waals surface area contributed by atoms with Crippen molar-refractivity contribution in [3.05, 3.63) is 65.0 Å². The number of ether oxygens (including phenoxy) is 3. The van der Waals surface area contributed by atoms with Crippen LogP contribution in [0.3, 0.4) is 0 Å². The van der Waals surface area contributed by atoms with Crippen molar-refractivity contribution in [3.8, 4) is 5.75 Å². The number of rotatable bonds is 8. The molecule has 0 aliphatic rings. The van der Waals surface area contributed by atoms with E-state index >= 15 is 0 Å². The Bertz CT molecular complexity index is 915. The number of amidine groups is 1. The molecule has 3 N–H and O–H groups in total. The summed E-state index contributed by atoms with van der Waals surface area (Å²) in [4.78, 5) is 27.5. The Balaban J connectivity index is 2.02. The number of carbonyl (C=O) groups excluding carboxylic acids is 2. The van der Waals surface area contributed by atoms with Gasteiger partial charge in [-0.15, -0.1) is 0 Å². The molecule has 2 amide bonds. The number of nitrogens with zero attached hydrogens (tertiary/aromatic N) is 1. The van der Waals surface area contributed by atoms with Gasteiger partial charge in [-0.25, -0.2) is 9.18 Å². The molecule has 9 heteroatoms. The molecule has 1 atom stereocenters. The molecule has 0 spiro atoms. The molecule has 2 aromatic rings. The van der Waals surface area contributed by atoms with E-state index in [9.17, 15) is 14.0 Å². The van der Waals surface area contributed by atoms with E-state index in [1.165, 1.54) is 26.4 Å². The van der Waals surface area contributed by atoms with Gasteiger partial charge in [0.15, 0.2) is 6.10 Å². The zero-order chi connectivity index (χ0) is 22.1. The van der Waals surface area contributed by atoms with Crippen LogP contribution in [0.15, 0.2) is 47.5 Å². The van der Waals surface area contributed by atoms with Crippen molar-refractivity contribution in [1.29, 1.82) is 0 Å². The lowest BCUT2D eigenvalue weighted by Crippen LogP contribution is -2.30. The van der Waals surface area contributed by atoms with Gasteiger partial charge in [0.25, 0.3) is 5.91 Å². The first-order chi connectivity index (χ1) is 14.4. The highest BCUT2D eigenvalue weighted by Gasteiger charge is 2.23. The van der Waals surface area contributed by atoms with Crippen LogP contribution in [0.1, 0.15) is 29.7 Å². The lowest BCUT2D eigenvalue weighted by atomic mass is 10.1. The molecule has 8 nitrogen and oxygen atoms in total. The smallest absolute Gasteiger partial charge is 0.435 e. The van der Waals surface area contributed by atoms with E-state index in [-0.39, 0.29) is 24.6 Å². The second-order valence-corrected chi connectivity index (χ2v) is 6.11. The highest BCUT2D eigenvalue weighted by Crippen LogP contribution is 2.24. The van der Waals surface area contributed by atoms with Crippen molar-refractivity contribution >= 4 is 17.8 Å². The second kappa shape index (κ2) is 10.9. The number of benzene rings is 2. The molecule has 30 heavy (non-hydrogen) atoms. The van der Waals surface area contributed by atoms with Crippen molar-refractivity contribution in [1.82, 2.24) is 5.32 Å². The van der Waals surface area contributed by atoms with Crippen LogP contribution in [0.5, 0.6) is 5.75 Å². The minimum absolute atomic E-state index is 0.0264. The summed E-state index contributed by atoms with van der Waals surface area (Å²) in [6.07, 6.45) is -1.87. The summed E-state index contributed by atoms with van der Waals surface area (Å²) in [5, 5.41) is 2.70. The van der Waals surface area contributed by atoms with Crippen molar-refractivity contribution in [3.63, 3.8) is 0 Å². The van der Waals surface area contributed by atoms with Crippen LogP contribution >= 0.6 is 0 Å². The lowest BCUT2D eigenvalue weighted by molar-refractivity contribution is -0.131. The van der Waals surface area contributed by atoms with Gasteiger partial charge < -0.3 is 25.3 Å². The molecule has 0 saturated carbocycles. The van der Waals surface area contributed by atoms with E-state index < -0.39 is 23.9 Å². The minimum Gasteiger partial charge on any atom is -0.497 e. The summed E-state index contributed by atoms with van der Waals surface area (Å²) in [6.45, 7) is 2.06. The maximum Gasteiger partial charge on any atom is 0.435 e. The fourth-order valence-corrected chi connectivity index (χ4v) is 2.62. The fraction of sp³-hybridized carbons (Fsp3) is 0.286. The molecule has 0 aliphatic heterocycles. The Hall–Kier alpha value is -3.46. The van der Waals surface area contributed by atoms with E-state index in [1.807, 2.05) is 0 Å². The Morgan fingerprint density at radius 3 is 2.43 bits per heavy atom. The van der Waals surface area contributed by atoms with Crippen LogP contribution in [-0.2, 0) is 20.8 Å². The Morgan fingerprint density at radius 2 is 1.87 bits per heavy atom. The average molecular weight is 417 g/mol. The normalized spacial score (nSPS) is 12.2. The van der Waals surface area contributed by atoms with Gasteiger partial charge in [-0.05, 0) is 24.6 Å². The number of hydrogen-bond acceptors (Lipinski definition) is 5. The number of amides is 2. The highest BCUT2D eigenvalue weighted by molar-refractivity contribution is 6.02. The van der Waals surface area contributed by atoms with Gasteiger partial charge >= 0.3 is 6.09 Å². The summed E-state index contributed by atoms with van der Waals surface area (Å²) < 4.78 is 29.1. The van der Waals surface area contributed by atoms with Gasteiger partial charge in [0.05, 0.1) is 13.7 Å². The number of nitrogens with two attached hydrogens (primary N) is 1. The summed E-state index contributed by atoms with van der Waals surface area (Å²) in [5.41, 5.74) is 7.18. The van der Waals surface area contributed by atoms with Crippen LogP contribution in [0, 0.1) is 5.82 Å². The monoisotopic (exact) mass is 417 g/mol. The zero-order valence-electron chi connectivity index (χ0n) is 17.0. The van der Waals surface area contributed by atoms with Crippen LogP contribution < -0.4 is 15.8 Å². The Labute approximate surface area is 173 Å². The first-order valence-electron chi connectivity index (χ1n) is 9.13. The molecule has 0 unspecified atom stereocenters. The topological polar surface area (TPSA) is 112 Å². The van der Waals surface area contributed by atoms with Gasteiger partial charge in [0.2, 0.25) is 0 Å². The molecule has 0 aromatic heterocycles. The summed E-state index contributed by atoms with van der Waals surface area (Å²) >= 11 is 0.